The maximum absolute atomic E-state index is 5.79. The molecule has 0 aromatic heterocycles. The third-order valence-electron chi connectivity index (χ3n) is 2.73. The number of anilines is 1. The van der Waals surface area contributed by atoms with Crippen LogP contribution in [0.25, 0.3) is 0 Å². The maximum atomic E-state index is 5.79. The smallest absolute Gasteiger partial charge is 0.193 e. The Morgan fingerprint density at radius 1 is 1.25 bits per heavy atom. The summed E-state index contributed by atoms with van der Waals surface area (Å²) in [6.07, 6.45) is 0. The lowest BCUT2D eigenvalue weighted by atomic mass is 9.99. The number of guanidine groups is 1. The van der Waals surface area contributed by atoms with Gasteiger partial charge in [0.05, 0.1) is 0 Å². The average molecular weight is 219 g/mol. The summed E-state index contributed by atoms with van der Waals surface area (Å²) in [4.78, 5) is 4.32. The van der Waals surface area contributed by atoms with Gasteiger partial charge in [-0.1, -0.05) is 39.0 Å². The van der Waals surface area contributed by atoms with Crippen molar-refractivity contribution in [3.8, 4) is 0 Å². The van der Waals surface area contributed by atoms with Gasteiger partial charge in [-0.25, -0.2) is 0 Å². The quantitative estimate of drug-likeness (QED) is 0.604. The van der Waals surface area contributed by atoms with E-state index in [4.69, 9.17) is 5.73 Å². The van der Waals surface area contributed by atoms with Crippen LogP contribution in [-0.2, 0) is 0 Å². The van der Waals surface area contributed by atoms with Crippen molar-refractivity contribution in [3.63, 3.8) is 0 Å². The van der Waals surface area contributed by atoms with Crippen LogP contribution >= 0.6 is 0 Å². The molecule has 3 N–H and O–H groups in total. The second-order valence-electron chi connectivity index (χ2n) is 4.44. The van der Waals surface area contributed by atoms with Crippen molar-refractivity contribution in [2.45, 2.75) is 20.8 Å². The van der Waals surface area contributed by atoms with Gasteiger partial charge in [-0.05, 0) is 24.0 Å². The maximum Gasteiger partial charge on any atom is 0.193 e. The van der Waals surface area contributed by atoms with E-state index in [-0.39, 0.29) is 0 Å². The minimum absolute atomic E-state index is 0.485. The molecule has 1 aromatic carbocycles. The lowest BCUT2D eigenvalue weighted by Crippen LogP contribution is -2.24. The number of nitrogens with zero attached hydrogens (tertiary/aromatic N) is 1. The van der Waals surface area contributed by atoms with Gasteiger partial charge in [-0.3, -0.25) is 4.99 Å². The number of para-hydroxylation sites is 1. The van der Waals surface area contributed by atoms with E-state index in [2.05, 4.69) is 31.1 Å². The van der Waals surface area contributed by atoms with Crippen LogP contribution in [0, 0.1) is 11.8 Å². The molecule has 1 aromatic rings. The molecule has 1 rings (SSSR count). The summed E-state index contributed by atoms with van der Waals surface area (Å²) in [6, 6.07) is 9.83. The third kappa shape index (κ3) is 4.34. The predicted molar refractivity (Wildman–Crippen MR) is 70.6 cm³/mol. The Morgan fingerprint density at radius 3 is 2.44 bits per heavy atom. The van der Waals surface area contributed by atoms with Crippen LogP contribution in [0.1, 0.15) is 20.8 Å². The van der Waals surface area contributed by atoms with Crippen molar-refractivity contribution < 1.29 is 0 Å². The molecule has 0 aliphatic rings. The van der Waals surface area contributed by atoms with Crippen molar-refractivity contribution in [1.82, 2.24) is 0 Å². The van der Waals surface area contributed by atoms with Gasteiger partial charge in [0.25, 0.3) is 0 Å². The van der Waals surface area contributed by atoms with Crippen molar-refractivity contribution >= 4 is 11.6 Å². The van der Waals surface area contributed by atoms with Gasteiger partial charge in [0.15, 0.2) is 5.96 Å². The Bertz CT molecular complexity index is 330. The molecule has 1 atom stereocenters. The van der Waals surface area contributed by atoms with Crippen molar-refractivity contribution in [2.24, 2.45) is 22.6 Å². The van der Waals surface area contributed by atoms with E-state index in [0.717, 1.165) is 12.2 Å². The lowest BCUT2D eigenvalue weighted by molar-refractivity contribution is 0.430. The van der Waals surface area contributed by atoms with E-state index in [0.29, 0.717) is 17.8 Å². The second-order valence-corrected chi connectivity index (χ2v) is 4.44. The molecular formula is C13H21N3. The molecule has 3 nitrogen and oxygen atoms in total. The molecule has 0 spiro atoms. The third-order valence-corrected chi connectivity index (χ3v) is 2.73. The summed E-state index contributed by atoms with van der Waals surface area (Å²) >= 11 is 0. The van der Waals surface area contributed by atoms with E-state index < -0.39 is 0 Å². The standard InChI is InChI=1S/C13H21N3/c1-10(2)11(3)9-15-13(14)16-12-7-5-4-6-8-12/h4-8,10-11H,9H2,1-3H3,(H3,14,15,16). The van der Waals surface area contributed by atoms with E-state index in [1.54, 1.807) is 0 Å². The van der Waals surface area contributed by atoms with E-state index in [1.165, 1.54) is 0 Å². The highest BCUT2D eigenvalue weighted by Gasteiger charge is 2.05. The lowest BCUT2D eigenvalue weighted by Gasteiger charge is -2.13. The SMILES string of the molecule is CC(C)C(C)CN=C(N)Nc1ccccc1. The summed E-state index contributed by atoms with van der Waals surface area (Å²) in [5, 5.41) is 3.06. The first-order chi connectivity index (χ1) is 7.59. The molecule has 0 heterocycles. The molecule has 0 fully saturated rings. The Kier molecular flexibility index (Phi) is 4.83. The fourth-order valence-corrected chi connectivity index (χ4v) is 1.16. The first-order valence-corrected chi connectivity index (χ1v) is 5.71. The number of nitrogens with two attached hydrogens (primary N) is 1. The molecule has 0 bridgehead atoms. The van der Waals surface area contributed by atoms with E-state index >= 15 is 0 Å². The number of hydrogen-bond acceptors (Lipinski definition) is 1. The number of benzene rings is 1. The average Bonchev–Trinajstić information content (AvgIpc) is 2.27. The summed E-state index contributed by atoms with van der Waals surface area (Å²) < 4.78 is 0. The number of nitrogens with one attached hydrogen (secondary N) is 1. The molecule has 16 heavy (non-hydrogen) atoms. The Balaban J connectivity index is 2.46. The van der Waals surface area contributed by atoms with Crippen LogP contribution in [0.2, 0.25) is 0 Å². The van der Waals surface area contributed by atoms with Crippen LogP contribution in [0.3, 0.4) is 0 Å². The summed E-state index contributed by atoms with van der Waals surface area (Å²) in [7, 11) is 0. The monoisotopic (exact) mass is 219 g/mol. The van der Waals surface area contributed by atoms with E-state index in [9.17, 15) is 0 Å². The largest absolute Gasteiger partial charge is 0.370 e. The molecule has 0 radical (unpaired) electrons. The van der Waals surface area contributed by atoms with Gasteiger partial charge in [0, 0.05) is 12.2 Å². The van der Waals surface area contributed by atoms with E-state index in [1.807, 2.05) is 30.3 Å². The van der Waals surface area contributed by atoms with Gasteiger partial charge in [0.2, 0.25) is 0 Å². The van der Waals surface area contributed by atoms with Gasteiger partial charge in [0.1, 0.15) is 0 Å². The van der Waals surface area contributed by atoms with Crippen LogP contribution < -0.4 is 11.1 Å². The Morgan fingerprint density at radius 2 is 1.88 bits per heavy atom. The number of rotatable bonds is 4. The predicted octanol–water partition coefficient (Wildman–Crippen LogP) is 2.71. The molecule has 88 valence electrons. The zero-order chi connectivity index (χ0) is 12.0. The molecule has 0 aliphatic carbocycles. The van der Waals surface area contributed by atoms with Gasteiger partial charge < -0.3 is 11.1 Å². The van der Waals surface area contributed by atoms with Crippen LogP contribution in [0.15, 0.2) is 35.3 Å². The first-order valence-electron chi connectivity index (χ1n) is 5.71. The topological polar surface area (TPSA) is 50.4 Å². The second kappa shape index (κ2) is 6.16. The van der Waals surface area contributed by atoms with Crippen LogP contribution in [-0.4, -0.2) is 12.5 Å². The Labute approximate surface area is 97.8 Å². The minimum Gasteiger partial charge on any atom is -0.370 e. The Hall–Kier alpha value is -1.51. The molecule has 3 heteroatoms. The van der Waals surface area contributed by atoms with Gasteiger partial charge >= 0.3 is 0 Å². The fourth-order valence-electron chi connectivity index (χ4n) is 1.16. The van der Waals surface area contributed by atoms with Crippen LogP contribution in [0.5, 0.6) is 0 Å². The zero-order valence-corrected chi connectivity index (χ0v) is 10.3. The zero-order valence-electron chi connectivity index (χ0n) is 10.3. The van der Waals surface area contributed by atoms with Gasteiger partial charge in [-0.15, -0.1) is 0 Å². The summed E-state index contributed by atoms with van der Waals surface area (Å²) in [5.41, 5.74) is 6.77. The molecule has 0 amide bonds. The molecular weight excluding hydrogens is 198 g/mol. The number of hydrogen-bond donors (Lipinski definition) is 2. The van der Waals surface area contributed by atoms with Crippen molar-refractivity contribution in [2.75, 3.05) is 11.9 Å². The highest BCUT2D eigenvalue weighted by Crippen LogP contribution is 2.09. The van der Waals surface area contributed by atoms with Crippen molar-refractivity contribution in [3.05, 3.63) is 30.3 Å². The summed E-state index contributed by atoms with van der Waals surface area (Å²) in [6.45, 7) is 7.34. The molecule has 0 saturated heterocycles. The highest BCUT2D eigenvalue weighted by atomic mass is 15.1. The minimum atomic E-state index is 0.485. The van der Waals surface area contributed by atoms with Crippen molar-refractivity contribution in [1.29, 1.82) is 0 Å². The molecule has 0 saturated carbocycles. The molecule has 1 unspecified atom stereocenters. The fraction of sp³-hybridized carbons (Fsp3) is 0.462. The van der Waals surface area contributed by atoms with Gasteiger partial charge in [-0.2, -0.15) is 0 Å². The summed E-state index contributed by atoms with van der Waals surface area (Å²) in [5.74, 6) is 1.67. The highest BCUT2D eigenvalue weighted by molar-refractivity contribution is 5.92. The molecule has 0 aliphatic heterocycles. The normalized spacial score (nSPS) is 13.9. The number of aliphatic imine (C=N–C) groups is 1. The van der Waals surface area contributed by atoms with Crippen LogP contribution in [0.4, 0.5) is 5.69 Å². The first kappa shape index (κ1) is 12.6.